The van der Waals surface area contributed by atoms with Crippen LogP contribution in [0.5, 0.6) is 0 Å². The molecule has 0 radical (unpaired) electrons. The van der Waals surface area contributed by atoms with Gasteiger partial charge in [-0.15, -0.1) is 0 Å². The Morgan fingerprint density at radius 1 is 1.42 bits per heavy atom. The van der Waals surface area contributed by atoms with Crippen LogP contribution in [0.25, 0.3) is 0 Å². The highest BCUT2D eigenvalue weighted by molar-refractivity contribution is 5.94. The number of rotatable bonds is 3. The van der Waals surface area contributed by atoms with Gasteiger partial charge in [0.25, 0.3) is 5.91 Å². The number of piperidine rings is 1. The molecule has 0 aromatic carbocycles. The third kappa shape index (κ3) is 2.96. The van der Waals surface area contributed by atoms with E-state index in [2.05, 4.69) is 0 Å². The average Bonchev–Trinajstić information content (AvgIpc) is 2.99. The fraction of sp³-hybridized carbons (Fsp3) is 0.538. The van der Waals surface area contributed by atoms with E-state index < -0.39 is 0 Å². The highest BCUT2D eigenvalue weighted by Crippen LogP contribution is 2.21. The molecule has 0 aliphatic carbocycles. The van der Waals surface area contributed by atoms with Gasteiger partial charge in [0.1, 0.15) is 6.26 Å². The topological polar surface area (TPSA) is 63.0 Å². The van der Waals surface area contributed by atoms with E-state index in [1.807, 2.05) is 0 Å². The molecule has 0 bridgehead atoms. The Balaban J connectivity index is 1.89. The second-order valence-corrected chi connectivity index (χ2v) is 4.60. The largest absolute Gasteiger partial charge is 0.472 e. The molecular weight excluding hydrogens is 248 g/mol. The maximum absolute atomic E-state index is 12.1. The predicted octanol–water partition coefficient (Wildman–Crippen LogP) is 1.15. The number of amides is 2. The number of hydrogen-bond donors (Lipinski definition) is 0. The molecule has 0 N–H and O–H groups in total. The van der Waals surface area contributed by atoms with E-state index in [1.165, 1.54) is 24.7 Å². The molecule has 1 aromatic rings. The van der Waals surface area contributed by atoms with Crippen LogP contribution in [0, 0.1) is 5.92 Å². The zero-order valence-electron chi connectivity index (χ0n) is 11.2. The molecule has 0 spiro atoms. The van der Waals surface area contributed by atoms with Crippen LogP contribution in [-0.4, -0.2) is 49.0 Å². The van der Waals surface area contributed by atoms with E-state index in [1.54, 1.807) is 18.0 Å². The lowest BCUT2D eigenvalue weighted by Crippen LogP contribution is -2.43. The normalized spacial score (nSPS) is 16.4. The standard InChI is InChI=1S/C13H18N2O4/c1-14(18-2)12(16)10-3-6-15(7-4-10)13(17)11-5-8-19-9-11/h5,8-10H,3-4,6-7H2,1-2H3. The molecule has 6 nitrogen and oxygen atoms in total. The van der Waals surface area contributed by atoms with Gasteiger partial charge >= 0.3 is 0 Å². The molecule has 1 fully saturated rings. The Morgan fingerprint density at radius 2 is 2.11 bits per heavy atom. The maximum Gasteiger partial charge on any atom is 0.257 e. The molecule has 2 rings (SSSR count). The molecule has 1 saturated heterocycles. The lowest BCUT2D eigenvalue weighted by molar-refractivity contribution is -0.174. The van der Waals surface area contributed by atoms with Crippen molar-refractivity contribution in [3.05, 3.63) is 24.2 Å². The summed E-state index contributed by atoms with van der Waals surface area (Å²) >= 11 is 0. The van der Waals surface area contributed by atoms with Gasteiger partial charge in [0.15, 0.2) is 0 Å². The van der Waals surface area contributed by atoms with E-state index in [-0.39, 0.29) is 17.7 Å². The van der Waals surface area contributed by atoms with Gasteiger partial charge in [0, 0.05) is 26.1 Å². The summed E-state index contributed by atoms with van der Waals surface area (Å²) in [4.78, 5) is 30.6. The van der Waals surface area contributed by atoms with Crippen LogP contribution in [0.4, 0.5) is 0 Å². The van der Waals surface area contributed by atoms with Gasteiger partial charge in [-0.05, 0) is 18.9 Å². The lowest BCUT2D eigenvalue weighted by atomic mass is 9.95. The Kier molecular flexibility index (Phi) is 4.21. The second-order valence-electron chi connectivity index (χ2n) is 4.60. The van der Waals surface area contributed by atoms with E-state index in [0.717, 1.165) is 0 Å². The van der Waals surface area contributed by atoms with Crippen molar-refractivity contribution in [3.8, 4) is 0 Å². The van der Waals surface area contributed by atoms with Gasteiger partial charge in [-0.3, -0.25) is 14.4 Å². The number of hydrogen-bond acceptors (Lipinski definition) is 4. The summed E-state index contributed by atoms with van der Waals surface area (Å²) in [5, 5.41) is 1.25. The first-order chi connectivity index (χ1) is 9.13. The van der Waals surface area contributed by atoms with E-state index >= 15 is 0 Å². The molecule has 19 heavy (non-hydrogen) atoms. The molecule has 2 heterocycles. The van der Waals surface area contributed by atoms with Crippen LogP contribution in [-0.2, 0) is 9.63 Å². The van der Waals surface area contributed by atoms with Crippen molar-refractivity contribution in [2.75, 3.05) is 27.2 Å². The number of furan rings is 1. The van der Waals surface area contributed by atoms with Crippen LogP contribution in [0.1, 0.15) is 23.2 Å². The summed E-state index contributed by atoms with van der Waals surface area (Å²) in [6.45, 7) is 1.16. The lowest BCUT2D eigenvalue weighted by Gasteiger charge is -2.32. The molecule has 0 saturated carbocycles. The van der Waals surface area contributed by atoms with Crippen LogP contribution < -0.4 is 0 Å². The summed E-state index contributed by atoms with van der Waals surface area (Å²) in [7, 11) is 3.07. The fourth-order valence-corrected chi connectivity index (χ4v) is 2.25. The molecule has 1 aliphatic rings. The molecule has 1 aliphatic heterocycles. The summed E-state index contributed by atoms with van der Waals surface area (Å²) < 4.78 is 4.91. The smallest absolute Gasteiger partial charge is 0.257 e. The molecule has 1 aromatic heterocycles. The van der Waals surface area contributed by atoms with Crippen molar-refractivity contribution in [1.82, 2.24) is 9.96 Å². The van der Waals surface area contributed by atoms with E-state index in [4.69, 9.17) is 9.25 Å². The van der Waals surface area contributed by atoms with Gasteiger partial charge in [0.05, 0.1) is 18.9 Å². The Hall–Kier alpha value is -1.82. The van der Waals surface area contributed by atoms with Gasteiger partial charge < -0.3 is 9.32 Å². The fourth-order valence-electron chi connectivity index (χ4n) is 2.25. The first-order valence-electron chi connectivity index (χ1n) is 6.26. The summed E-state index contributed by atoms with van der Waals surface area (Å²) in [5.41, 5.74) is 0.554. The van der Waals surface area contributed by atoms with Crippen molar-refractivity contribution in [2.45, 2.75) is 12.8 Å². The van der Waals surface area contributed by atoms with Crippen molar-refractivity contribution in [3.63, 3.8) is 0 Å². The van der Waals surface area contributed by atoms with Crippen LogP contribution in [0.3, 0.4) is 0 Å². The van der Waals surface area contributed by atoms with Gasteiger partial charge in [-0.25, -0.2) is 5.06 Å². The summed E-state index contributed by atoms with van der Waals surface area (Å²) in [6.07, 6.45) is 4.25. The number of carbonyl (C=O) groups excluding carboxylic acids is 2. The third-order valence-electron chi connectivity index (χ3n) is 3.48. The van der Waals surface area contributed by atoms with Crippen molar-refractivity contribution < 1.29 is 18.8 Å². The highest BCUT2D eigenvalue weighted by atomic mass is 16.7. The Morgan fingerprint density at radius 3 is 2.63 bits per heavy atom. The van der Waals surface area contributed by atoms with E-state index in [9.17, 15) is 9.59 Å². The molecular formula is C13H18N2O4. The van der Waals surface area contributed by atoms with Crippen LogP contribution in [0.2, 0.25) is 0 Å². The minimum absolute atomic E-state index is 0.0297. The summed E-state index contributed by atoms with van der Waals surface area (Å²) in [6, 6.07) is 1.65. The molecule has 6 heteroatoms. The molecule has 104 valence electrons. The minimum atomic E-state index is -0.0710. The van der Waals surface area contributed by atoms with E-state index in [0.29, 0.717) is 31.5 Å². The second kappa shape index (κ2) is 5.88. The van der Waals surface area contributed by atoms with Gasteiger partial charge in [0.2, 0.25) is 5.91 Å². The highest BCUT2D eigenvalue weighted by Gasteiger charge is 2.29. The van der Waals surface area contributed by atoms with Crippen molar-refractivity contribution in [2.24, 2.45) is 5.92 Å². The van der Waals surface area contributed by atoms with Crippen LogP contribution in [0.15, 0.2) is 23.0 Å². The summed E-state index contributed by atoms with van der Waals surface area (Å²) in [5.74, 6) is -0.143. The van der Waals surface area contributed by atoms with Gasteiger partial charge in [-0.2, -0.15) is 0 Å². The monoisotopic (exact) mass is 266 g/mol. The number of carbonyl (C=O) groups is 2. The quantitative estimate of drug-likeness (QED) is 0.770. The number of nitrogens with zero attached hydrogens (tertiary/aromatic N) is 2. The Bertz CT molecular complexity index is 436. The van der Waals surface area contributed by atoms with Crippen molar-refractivity contribution in [1.29, 1.82) is 0 Å². The molecule has 2 amide bonds. The minimum Gasteiger partial charge on any atom is -0.472 e. The number of hydroxylamine groups is 2. The first-order valence-corrected chi connectivity index (χ1v) is 6.26. The predicted molar refractivity (Wildman–Crippen MR) is 67.1 cm³/mol. The average molecular weight is 266 g/mol. The zero-order valence-corrected chi connectivity index (χ0v) is 11.2. The first kappa shape index (κ1) is 13.6. The molecule has 0 unspecified atom stereocenters. The number of likely N-dealkylation sites (tertiary alicyclic amines) is 1. The maximum atomic E-state index is 12.1. The SMILES string of the molecule is CON(C)C(=O)C1CCN(C(=O)c2ccoc2)CC1. The molecule has 0 atom stereocenters. The van der Waals surface area contributed by atoms with Crippen LogP contribution >= 0.6 is 0 Å². The Labute approximate surface area is 111 Å². The zero-order chi connectivity index (χ0) is 13.8. The van der Waals surface area contributed by atoms with Crippen molar-refractivity contribution >= 4 is 11.8 Å². The third-order valence-corrected chi connectivity index (χ3v) is 3.48. The van der Waals surface area contributed by atoms with Gasteiger partial charge in [-0.1, -0.05) is 0 Å².